The van der Waals surface area contributed by atoms with Crippen molar-refractivity contribution in [3.63, 3.8) is 0 Å². The van der Waals surface area contributed by atoms with E-state index in [1.54, 1.807) is 35.7 Å². The molecule has 36 heavy (non-hydrogen) atoms. The van der Waals surface area contributed by atoms with Gasteiger partial charge in [-0.25, -0.2) is 4.39 Å². The van der Waals surface area contributed by atoms with Gasteiger partial charge in [-0.1, -0.05) is 0 Å². The van der Waals surface area contributed by atoms with Gasteiger partial charge in [-0.2, -0.15) is 15.2 Å². The van der Waals surface area contributed by atoms with Crippen molar-refractivity contribution < 1.29 is 13.9 Å². The Balaban J connectivity index is 1.31. The van der Waals surface area contributed by atoms with Gasteiger partial charge in [-0.05, 0) is 37.8 Å². The maximum absolute atomic E-state index is 15.6. The number of nitrogens with one attached hydrogen (secondary N) is 2. The zero-order valence-corrected chi connectivity index (χ0v) is 20.6. The highest BCUT2D eigenvalue weighted by atomic mass is 19.1. The number of aryl methyl sites for hydroxylation is 2. The van der Waals surface area contributed by atoms with Crippen LogP contribution in [0.4, 0.5) is 15.8 Å². The summed E-state index contributed by atoms with van der Waals surface area (Å²) in [4.78, 5) is 19.9. The molecule has 1 aliphatic carbocycles. The van der Waals surface area contributed by atoms with Crippen molar-refractivity contribution >= 4 is 39.2 Å². The molecule has 0 bridgehead atoms. The highest BCUT2D eigenvalue weighted by molar-refractivity contribution is 6.14. The Morgan fingerprint density at radius 2 is 1.78 bits per heavy atom. The standard InChI is InChI=1S/C25H29FN8O2/c1-32-12-14-10-19(25(36-3)29-23(14)31-32)28-24(35)21-18(26)11-20(17-13-33(2)30-22(17)21)34-8-6-16(7-9-34)27-15-4-5-15/h10-13,15-16,27H,4-9H2,1-3H3,(H,28,35). The summed E-state index contributed by atoms with van der Waals surface area (Å²) in [5, 5.41) is 16.7. The summed E-state index contributed by atoms with van der Waals surface area (Å²) in [6, 6.07) is 4.37. The highest BCUT2D eigenvalue weighted by Crippen LogP contribution is 2.34. The number of aromatic nitrogens is 5. The Bertz CT molecular complexity index is 1470. The number of nitrogens with zero attached hydrogens (tertiary/aromatic N) is 6. The lowest BCUT2D eigenvalue weighted by molar-refractivity contribution is 0.102. The lowest BCUT2D eigenvalue weighted by Gasteiger charge is -2.34. The zero-order valence-electron chi connectivity index (χ0n) is 20.6. The average molecular weight is 493 g/mol. The molecule has 10 nitrogen and oxygen atoms in total. The molecule has 1 saturated carbocycles. The van der Waals surface area contributed by atoms with E-state index in [2.05, 4.69) is 30.7 Å². The molecule has 6 rings (SSSR count). The lowest BCUT2D eigenvalue weighted by atomic mass is 10.0. The fourth-order valence-electron chi connectivity index (χ4n) is 5.08. The van der Waals surface area contributed by atoms with Crippen molar-refractivity contribution in [2.45, 2.75) is 37.8 Å². The molecule has 1 aromatic carbocycles. The largest absolute Gasteiger partial charge is 0.479 e. The molecule has 4 heterocycles. The molecule has 188 valence electrons. The van der Waals surface area contributed by atoms with Crippen LogP contribution in [-0.2, 0) is 14.1 Å². The van der Waals surface area contributed by atoms with E-state index in [0.29, 0.717) is 28.9 Å². The average Bonchev–Trinajstić information content (AvgIpc) is 3.46. The van der Waals surface area contributed by atoms with E-state index in [1.165, 1.54) is 26.0 Å². The zero-order chi connectivity index (χ0) is 25.0. The van der Waals surface area contributed by atoms with Crippen molar-refractivity contribution in [2.24, 2.45) is 14.1 Å². The molecular weight excluding hydrogens is 463 g/mol. The summed E-state index contributed by atoms with van der Waals surface area (Å²) < 4.78 is 24.2. The molecule has 0 atom stereocenters. The first kappa shape index (κ1) is 22.7. The van der Waals surface area contributed by atoms with Gasteiger partial charge >= 0.3 is 0 Å². The van der Waals surface area contributed by atoms with Gasteiger partial charge in [-0.15, -0.1) is 0 Å². The molecule has 2 aliphatic rings. The van der Waals surface area contributed by atoms with Crippen LogP contribution in [0.5, 0.6) is 5.88 Å². The highest BCUT2D eigenvalue weighted by Gasteiger charge is 2.29. The second-order valence-corrected chi connectivity index (χ2v) is 9.73. The van der Waals surface area contributed by atoms with Crippen LogP contribution in [-0.4, -0.2) is 62.7 Å². The van der Waals surface area contributed by atoms with Crippen LogP contribution in [0.15, 0.2) is 24.5 Å². The summed E-state index contributed by atoms with van der Waals surface area (Å²) in [7, 11) is 5.02. The van der Waals surface area contributed by atoms with E-state index in [-0.39, 0.29) is 11.4 Å². The van der Waals surface area contributed by atoms with Gasteiger partial charge in [0, 0.05) is 62.4 Å². The second kappa shape index (κ2) is 8.74. The maximum Gasteiger partial charge on any atom is 0.261 e. The van der Waals surface area contributed by atoms with Gasteiger partial charge in [0.2, 0.25) is 5.88 Å². The number of carbonyl (C=O) groups excluding carboxylic acids is 1. The first-order valence-electron chi connectivity index (χ1n) is 12.3. The van der Waals surface area contributed by atoms with Gasteiger partial charge in [0.15, 0.2) is 5.65 Å². The molecule has 1 aliphatic heterocycles. The number of halogens is 1. The van der Waals surface area contributed by atoms with Gasteiger partial charge in [-0.3, -0.25) is 14.2 Å². The third-order valence-corrected chi connectivity index (χ3v) is 6.97. The SMILES string of the molecule is COc1nc2nn(C)cc2cc1NC(=O)c1c(F)cc(N2CCC(NC3CC3)CC2)c2cn(C)nc12. The van der Waals surface area contributed by atoms with Crippen LogP contribution in [0.25, 0.3) is 21.9 Å². The molecule has 0 unspecified atom stereocenters. The summed E-state index contributed by atoms with van der Waals surface area (Å²) in [6.07, 6.45) is 8.18. The summed E-state index contributed by atoms with van der Waals surface area (Å²) >= 11 is 0. The number of piperidine rings is 1. The molecule has 2 N–H and O–H groups in total. The van der Waals surface area contributed by atoms with Crippen LogP contribution < -0.4 is 20.3 Å². The van der Waals surface area contributed by atoms with Gasteiger partial charge < -0.3 is 20.3 Å². The fourth-order valence-corrected chi connectivity index (χ4v) is 5.08. The number of methoxy groups -OCH3 is 1. The van der Waals surface area contributed by atoms with Crippen molar-refractivity contribution in [3.05, 3.63) is 35.9 Å². The Morgan fingerprint density at radius 3 is 2.50 bits per heavy atom. The molecular formula is C25H29FN8O2. The second-order valence-electron chi connectivity index (χ2n) is 9.73. The van der Waals surface area contributed by atoms with Gasteiger partial charge in [0.05, 0.1) is 12.8 Å². The minimum atomic E-state index is -0.613. The van der Waals surface area contributed by atoms with Crippen LogP contribution in [0.3, 0.4) is 0 Å². The van der Waals surface area contributed by atoms with Crippen LogP contribution >= 0.6 is 0 Å². The number of pyridine rings is 1. The minimum Gasteiger partial charge on any atom is -0.479 e. The number of carbonyl (C=O) groups is 1. The van der Waals surface area contributed by atoms with Gasteiger partial charge in [0.25, 0.3) is 5.91 Å². The van der Waals surface area contributed by atoms with Crippen LogP contribution in [0, 0.1) is 5.82 Å². The predicted octanol–water partition coefficient (Wildman–Crippen LogP) is 2.98. The number of ether oxygens (including phenoxy) is 1. The third kappa shape index (κ3) is 4.13. The molecule has 3 aromatic heterocycles. The maximum atomic E-state index is 15.6. The lowest BCUT2D eigenvalue weighted by Crippen LogP contribution is -2.43. The number of amides is 1. The summed E-state index contributed by atoms with van der Waals surface area (Å²) in [6.45, 7) is 1.65. The number of hydrogen-bond donors (Lipinski definition) is 2. The van der Waals surface area contributed by atoms with E-state index < -0.39 is 11.7 Å². The van der Waals surface area contributed by atoms with Crippen molar-refractivity contribution in [2.75, 3.05) is 30.4 Å². The molecule has 0 spiro atoms. The number of anilines is 2. The Kier molecular flexibility index (Phi) is 5.51. The van der Waals surface area contributed by atoms with E-state index in [1.807, 2.05) is 6.20 Å². The van der Waals surface area contributed by atoms with E-state index in [0.717, 1.165) is 42.4 Å². The molecule has 11 heteroatoms. The van der Waals surface area contributed by atoms with Crippen molar-refractivity contribution in [3.8, 4) is 5.88 Å². The normalized spacial score (nSPS) is 16.7. The quantitative estimate of drug-likeness (QED) is 0.427. The first-order valence-corrected chi connectivity index (χ1v) is 12.3. The van der Waals surface area contributed by atoms with Crippen LogP contribution in [0.1, 0.15) is 36.0 Å². The van der Waals surface area contributed by atoms with Crippen molar-refractivity contribution in [1.29, 1.82) is 0 Å². The van der Waals surface area contributed by atoms with Crippen LogP contribution in [0.2, 0.25) is 0 Å². The van der Waals surface area contributed by atoms with E-state index in [9.17, 15) is 4.79 Å². The Hall–Kier alpha value is -3.73. The number of fused-ring (bicyclic) bond motifs is 2. The molecule has 4 aromatic rings. The van der Waals surface area contributed by atoms with E-state index >= 15 is 4.39 Å². The topological polar surface area (TPSA) is 102 Å². The Morgan fingerprint density at radius 1 is 1.06 bits per heavy atom. The number of rotatable bonds is 6. The minimum absolute atomic E-state index is 0.104. The fraction of sp³-hybridized carbons (Fsp3) is 0.440. The number of hydrogen-bond acceptors (Lipinski definition) is 7. The summed E-state index contributed by atoms with van der Waals surface area (Å²) in [5.74, 6) is -1.02. The predicted molar refractivity (Wildman–Crippen MR) is 135 cm³/mol. The first-order chi connectivity index (χ1) is 17.4. The molecule has 1 saturated heterocycles. The molecule has 1 amide bonds. The molecule has 2 fully saturated rings. The Labute approximate surface area is 207 Å². The smallest absolute Gasteiger partial charge is 0.261 e. The van der Waals surface area contributed by atoms with E-state index in [4.69, 9.17) is 4.74 Å². The monoisotopic (exact) mass is 492 g/mol. The van der Waals surface area contributed by atoms with Crippen molar-refractivity contribution in [1.82, 2.24) is 29.9 Å². The summed E-state index contributed by atoms with van der Waals surface area (Å²) in [5.41, 5.74) is 1.82. The number of benzene rings is 1. The molecule has 0 radical (unpaired) electrons. The third-order valence-electron chi connectivity index (χ3n) is 6.97. The van der Waals surface area contributed by atoms with Gasteiger partial charge in [0.1, 0.15) is 22.6 Å².